The van der Waals surface area contributed by atoms with Gasteiger partial charge in [0.15, 0.2) is 17.4 Å². The van der Waals surface area contributed by atoms with Crippen LogP contribution in [-0.2, 0) is 7.05 Å². The van der Waals surface area contributed by atoms with Gasteiger partial charge in [-0.1, -0.05) is 42.5 Å². The highest BCUT2D eigenvalue weighted by molar-refractivity contribution is 5.36. The molecule has 0 aliphatic carbocycles. The van der Waals surface area contributed by atoms with Crippen LogP contribution in [-0.4, -0.2) is 16.2 Å². The van der Waals surface area contributed by atoms with Crippen molar-refractivity contribution >= 4 is 5.82 Å². The first-order valence-electron chi connectivity index (χ1n) is 7.85. The summed E-state index contributed by atoms with van der Waals surface area (Å²) in [6.45, 7) is 0.144. The van der Waals surface area contributed by atoms with Crippen molar-refractivity contribution < 1.29 is 9.13 Å². The summed E-state index contributed by atoms with van der Waals surface area (Å²) in [5.41, 5.74) is 0.667. The molecule has 1 N–H and O–H groups in total. The van der Waals surface area contributed by atoms with Crippen molar-refractivity contribution in [3.63, 3.8) is 0 Å². The number of anilines is 1. The molecule has 2 aromatic carbocycles. The van der Waals surface area contributed by atoms with Crippen molar-refractivity contribution in [2.45, 2.75) is 6.04 Å². The largest absolute Gasteiger partial charge is 0.488 e. The Morgan fingerprint density at radius 2 is 1.88 bits per heavy atom. The molecule has 3 rings (SSSR count). The molecule has 1 unspecified atom stereocenters. The summed E-state index contributed by atoms with van der Waals surface area (Å²) in [5, 5.41) is 3.10. The molecular weight excluding hydrogens is 321 g/mol. The lowest BCUT2D eigenvalue weighted by Gasteiger charge is -2.20. The quantitative estimate of drug-likeness (QED) is 0.749. The van der Waals surface area contributed by atoms with E-state index < -0.39 is 5.82 Å². The predicted molar refractivity (Wildman–Crippen MR) is 94.2 cm³/mol. The molecule has 0 aliphatic heterocycles. The third-order valence-corrected chi connectivity index (χ3v) is 3.77. The molecule has 5 nitrogen and oxygen atoms in total. The van der Waals surface area contributed by atoms with E-state index in [2.05, 4.69) is 10.3 Å². The first-order chi connectivity index (χ1) is 12.1. The van der Waals surface area contributed by atoms with Crippen LogP contribution in [0.4, 0.5) is 10.2 Å². The van der Waals surface area contributed by atoms with Crippen LogP contribution < -0.4 is 15.6 Å². The average Bonchev–Trinajstić information content (AvgIpc) is 2.64. The van der Waals surface area contributed by atoms with Crippen LogP contribution in [0.1, 0.15) is 11.6 Å². The minimum atomic E-state index is -0.428. The fraction of sp³-hybridized carbons (Fsp3) is 0.158. The number of rotatable bonds is 6. The monoisotopic (exact) mass is 339 g/mol. The zero-order chi connectivity index (χ0) is 17.6. The third kappa shape index (κ3) is 4.03. The predicted octanol–water partition coefficient (Wildman–Crippen LogP) is 3.15. The number of aryl methyl sites for hydroxylation is 1. The van der Waals surface area contributed by atoms with Crippen LogP contribution in [0, 0.1) is 5.82 Å². The van der Waals surface area contributed by atoms with E-state index in [0.717, 1.165) is 5.56 Å². The van der Waals surface area contributed by atoms with Crippen LogP contribution in [0.3, 0.4) is 0 Å². The summed E-state index contributed by atoms with van der Waals surface area (Å²) in [7, 11) is 1.66. The highest BCUT2D eigenvalue weighted by Gasteiger charge is 2.16. The van der Waals surface area contributed by atoms with Gasteiger partial charge < -0.3 is 14.6 Å². The van der Waals surface area contributed by atoms with Gasteiger partial charge in [-0.3, -0.25) is 4.79 Å². The van der Waals surface area contributed by atoms with Crippen LogP contribution in [0.25, 0.3) is 0 Å². The molecule has 0 amide bonds. The summed E-state index contributed by atoms with van der Waals surface area (Å²) >= 11 is 0. The van der Waals surface area contributed by atoms with Crippen molar-refractivity contribution in [2.24, 2.45) is 7.05 Å². The summed E-state index contributed by atoms with van der Waals surface area (Å²) in [6, 6.07) is 15.4. The minimum Gasteiger partial charge on any atom is -0.488 e. The molecule has 6 heteroatoms. The molecule has 0 saturated carbocycles. The molecule has 25 heavy (non-hydrogen) atoms. The zero-order valence-electron chi connectivity index (χ0n) is 13.7. The Hall–Kier alpha value is -3.15. The van der Waals surface area contributed by atoms with Crippen LogP contribution in [0.2, 0.25) is 0 Å². The molecular formula is C19H18FN3O2. The lowest BCUT2D eigenvalue weighted by atomic mass is 10.1. The van der Waals surface area contributed by atoms with Crippen molar-refractivity contribution in [2.75, 3.05) is 11.9 Å². The van der Waals surface area contributed by atoms with E-state index in [1.165, 1.54) is 10.6 Å². The molecule has 0 fully saturated rings. The van der Waals surface area contributed by atoms with Gasteiger partial charge in [-0.05, 0) is 17.7 Å². The summed E-state index contributed by atoms with van der Waals surface area (Å²) in [5.74, 6) is -0.0433. The molecule has 0 radical (unpaired) electrons. The lowest BCUT2D eigenvalue weighted by molar-refractivity contribution is 0.284. The van der Waals surface area contributed by atoms with Gasteiger partial charge in [-0.15, -0.1) is 0 Å². The van der Waals surface area contributed by atoms with Crippen molar-refractivity contribution in [1.29, 1.82) is 0 Å². The number of nitrogens with one attached hydrogen (secondary N) is 1. The van der Waals surface area contributed by atoms with Gasteiger partial charge in [0.2, 0.25) is 0 Å². The van der Waals surface area contributed by atoms with Gasteiger partial charge in [-0.25, -0.2) is 9.37 Å². The fourth-order valence-electron chi connectivity index (χ4n) is 2.40. The molecule has 0 bridgehead atoms. The molecule has 0 saturated heterocycles. The number of benzene rings is 2. The number of ether oxygens (including phenoxy) is 1. The Morgan fingerprint density at radius 1 is 1.16 bits per heavy atom. The van der Waals surface area contributed by atoms with E-state index in [9.17, 15) is 9.18 Å². The number of hydrogen-bond acceptors (Lipinski definition) is 4. The van der Waals surface area contributed by atoms with Gasteiger partial charge in [0.25, 0.3) is 5.56 Å². The molecule has 1 atom stereocenters. The Balaban J connectivity index is 1.84. The Morgan fingerprint density at radius 3 is 2.64 bits per heavy atom. The van der Waals surface area contributed by atoms with E-state index >= 15 is 0 Å². The van der Waals surface area contributed by atoms with Gasteiger partial charge in [0.1, 0.15) is 6.61 Å². The van der Waals surface area contributed by atoms with Crippen molar-refractivity contribution in [3.8, 4) is 5.75 Å². The molecule has 0 aliphatic rings. The van der Waals surface area contributed by atoms with Crippen LogP contribution >= 0.6 is 0 Å². The van der Waals surface area contributed by atoms with E-state index in [0.29, 0.717) is 0 Å². The molecule has 128 valence electrons. The summed E-state index contributed by atoms with van der Waals surface area (Å²) in [6.07, 6.45) is 3.13. The maximum atomic E-state index is 13.8. The third-order valence-electron chi connectivity index (χ3n) is 3.77. The molecule has 0 spiro atoms. The van der Waals surface area contributed by atoms with Crippen molar-refractivity contribution in [3.05, 3.63) is 88.7 Å². The van der Waals surface area contributed by atoms with Gasteiger partial charge >= 0.3 is 0 Å². The fourth-order valence-corrected chi connectivity index (χ4v) is 2.40. The highest BCUT2D eigenvalue weighted by atomic mass is 19.1. The maximum Gasteiger partial charge on any atom is 0.293 e. The van der Waals surface area contributed by atoms with Gasteiger partial charge in [0, 0.05) is 19.4 Å². The second-order valence-electron chi connectivity index (χ2n) is 5.54. The topological polar surface area (TPSA) is 56.1 Å². The standard InChI is InChI=1S/C19H18FN3O2/c1-23-12-11-21-18(19(23)24)22-16(14-7-3-2-4-8-14)13-25-17-10-6-5-9-15(17)20/h2-12,16H,13H2,1H3,(H,21,22). The summed E-state index contributed by atoms with van der Waals surface area (Å²) in [4.78, 5) is 16.3. The normalized spacial score (nSPS) is 11.8. The number of hydrogen-bond donors (Lipinski definition) is 1. The Labute approximate surface area is 144 Å². The maximum absolute atomic E-state index is 13.8. The molecule has 3 aromatic rings. The number of para-hydroxylation sites is 1. The van der Waals surface area contributed by atoms with Crippen LogP contribution in [0.5, 0.6) is 5.75 Å². The van der Waals surface area contributed by atoms with Crippen LogP contribution in [0.15, 0.2) is 71.8 Å². The Bertz CT molecular complexity index is 896. The number of halogens is 1. The minimum absolute atomic E-state index is 0.144. The van der Waals surface area contributed by atoms with E-state index in [1.807, 2.05) is 30.3 Å². The smallest absolute Gasteiger partial charge is 0.293 e. The number of nitrogens with zero attached hydrogens (tertiary/aromatic N) is 2. The van der Waals surface area contributed by atoms with E-state index in [-0.39, 0.29) is 29.8 Å². The number of aromatic nitrogens is 2. The second-order valence-corrected chi connectivity index (χ2v) is 5.54. The van der Waals surface area contributed by atoms with E-state index in [1.54, 1.807) is 37.6 Å². The van der Waals surface area contributed by atoms with Gasteiger partial charge in [-0.2, -0.15) is 0 Å². The summed E-state index contributed by atoms with van der Waals surface area (Å²) < 4.78 is 20.8. The van der Waals surface area contributed by atoms with E-state index in [4.69, 9.17) is 4.74 Å². The van der Waals surface area contributed by atoms with Gasteiger partial charge in [0.05, 0.1) is 6.04 Å². The lowest BCUT2D eigenvalue weighted by Crippen LogP contribution is -2.27. The van der Waals surface area contributed by atoms with Crippen molar-refractivity contribution in [1.82, 2.24) is 9.55 Å². The Kier molecular flexibility index (Phi) is 5.09. The first-order valence-corrected chi connectivity index (χ1v) is 7.85. The second kappa shape index (κ2) is 7.61. The highest BCUT2D eigenvalue weighted by Crippen LogP contribution is 2.21. The zero-order valence-corrected chi connectivity index (χ0v) is 13.7. The molecule has 1 aromatic heterocycles. The first kappa shape index (κ1) is 16.7. The average molecular weight is 339 g/mol. The SMILES string of the molecule is Cn1ccnc(NC(COc2ccccc2F)c2ccccc2)c1=O. The molecule has 1 heterocycles.